The quantitative estimate of drug-likeness (QED) is 0.651. The molecule has 2 unspecified atom stereocenters. The Hall–Kier alpha value is -1.95. The molecule has 1 heterocycles. The van der Waals surface area contributed by atoms with E-state index in [0.29, 0.717) is 17.2 Å². The van der Waals surface area contributed by atoms with Crippen LogP contribution in [-0.2, 0) is 0 Å². The van der Waals surface area contributed by atoms with Crippen molar-refractivity contribution in [1.29, 1.82) is 0 Å². The van der Waals surface area contributed by atoms with Crippen LogP contribution < -0.4 is 10.6 Å². The van der Waals surface area contributed by atoms with E-state index in [1.807, 2.05) is 0 Å². The van der Waals surface area contributed by atoms with Crippen LogP contribution in [0.4, 0.5) is 5.69 Å². The number of carbonyl (C=O) groups excluding carboxylic acids is 1. The number of nitrogens with zero attached hydrogens (tertiary/aromatic N) is 1. The lowest BCUT2D eigenvalue weighted by Crippen LogP contribution is -2.46. The molecule has 1 aliphatic rings. The molecule has 1 aliphatic heterocycles. The van der Waals surface area contributed by atoms with Crippen LogP contribution in [0.2, 0.25) is 0 Å². The summed E-state index contributed by atoms with van der Waals surface area (Å²) in [7, 11) is 0. The zero-order valence-corrected chi connectivity index (χ0v) is 11.7. The smallest absolute Gasteiger partial charge is 0.270 e. The first-order valence-corrected chi connectivity index (χ1v) is 6.76. The number of nitro benzene ring substituents is 1. The number of amides is 1. The Morgan fingerprint density at radius 1 is 1.45 bits per heavy atom. The van der Waals surface area contributed by atoms with Gasteiger partial charge >= 0.3 is 0 Å². The molecule has 0 bridgehead atoms. The molecule has 1 saturated heterocycles. The first kappa shape index (κ1) is 14.5. The van der Waals surface area contributed by atoms with Crippen LogP contribution >= 0.6 is 0 Å². The molecule has 0 aliphatic carbocycles. The number of nitrogens with one attached hydrogen (secondary N) is 2. The monoisotopic (exact) mass is 277 g/mol. The van der Waals surface area contributed by atoms with Crippen molar-refractivity contribution in [3.63, 3.8) is 0 Å². The molecule has 20 heavy (non-hydrogen) atoms. The van der Waals surface area contributed by atoms with Gasteiger partial charge in [-0.2, -0.15) is 0 Å². The zero-order chi connectivity index (χ0) is 14.7. The maximum absolute atomic E-state index is 12.2. The minimum atomic E-state index is -0.476. The van der Waals surface area contributed by atoms with E-state index in [2.05, 4.69) is 17.6 Å². The molecular weight excluding hydrogens is 258 g/mol. The van der Waals surface area contributed by atoms with Crippen molar-refractivity contribution >= 4 is 11.6 Å². The molecule has 0 saturated carbocycles. The maximum Gasteiger partial charge on any atom is 0.270 e. The van der Waals surface area contributed by atoms with Crippen LogP contribution in [0.5, 0.6) is 0 Å². The van der Waals surface area contributed by atoms with Gasteiger partial charge in [0.15, 0.2) is 0 Å². The van der Waals surface area contributed by atoms with E-state index in [1.54, 1.807) is 13.0 Å². The molecule has 1 fully saturated rings. The summed E-state index contributed by atoms with van der Waals surface area (Å²) < 4.78 is 0. The number of benzene rings is 1. The number of nitro groups is 1. The second-order valence-electron chi connectivity index (χ2n) is 5.36. The van der Waals surface area contributed by atoms with Gasteiger partial charge in [-0.05, 0) is 44.9 Å². The number of piperidine rings is 1. The van der Waals surface area contributed by atoms with E-state index in [4.69, 9.17) is 0 Å². The van der Waals surface area contributed by atoms with Crippen molar-refractivity contribution in [3.05, 3.63) is 39.4 Å². The Balaban J connectivity index is 2.10. The SMILES string of the molecule is Cc1cc(C(=O)NC2CCNC(C)C2)cc([N+](=O)[O-])c1. The van der Waals surface area contributed by atoms with Crippen LogP contribution in [0.25, 0.3) is 0 Å². The van der Waals surface area contributed by atoms with E-state index in [1.165, 1.54) is 12.1 Å². The number of rotatable bonds is 3. The second kappa shape index (κ2) is 6.00. The second-order valence-corrected chi connectivity index (χ2v) is 5.36. The fourth-order valence-electron chi connectivity index (χ4n) is 2.53. The Morgan fingerprint density at radius 3 is 2.85 bits per heavy atom. The summed E-state index contributed by atoms with van der Waals surface area (Å²) in [4.78, 5) is 22.5. The summed E-state index contributed by atoms with van der Waals surface area (Å²) in [6, 6.07) is 4.96. The predicted molar refractivity (Wildman–Crippen MR) is 75.8 cm³/mol. The van der Waals surface area contributed by atoms with Gasteiger partial charge in [-0.15, -0.1) is 0 Å². The van der Waals surface area contributed by atoms with Gasteiger partial charge in [0.2, 0.25) is 0 Å². The first-order chi connectivity index (χ1) is 9.45. The summed E-state index contributed by atoms with van der Waals surface area (Å²) >= 11 is 0. The summed E-state index contributed by atoms with van der Waals surface area (Å²) in [5.41, 5.74) is 1.01. The van der Waals surface area contributed by atoms with Crippen LogP contribution in [0, 0.1) is 17.0 Å². The Kier molecular flexibility index (Phi) is 4.34. The Morgan fingerprint density at radius 2 is 2.20 bits per heavy atom. The van der Waals surface area contributed by atoms with Crippen molar-refractivity contribution < 1.29 is 9.72 Å². The molecule has 6 nitrogen and oxygen atoms in total. The van der Waals surface area contributed by atoms with Crippen molar-refractivity contribution in [1.82, 2.24) is 10.6 Å². The number of hydrogen-bond donors (Lipinski definition) is 2. The van der Waals surface area contributed by atoms with Gasteiger partial charge in [0.1, 0.15) is 0 Å². The lowest BCUT2D eigenvalue weighted by Gasteiger charge is -2.28. The number of aryl methyl sites for hydroxylation is 1. The highest BCUT2D eigenvalue weighted by Crippen LogP contribution is 2.17. The van der Waals surface area contributed by atoms with Crippen LogP contribution in [0.15, 0.2) is 18.2 Å². The standard InChI is InChI=1S/C14H19N3O3/c1-9-5-11(8-13(6-9)17(19)20)14(18)16-12-3-4-15-10(2)7-12/h5-6,8,10,12,15H,3-4,7H2,1-2H3,(H,16,18). The summed E-state index contributed by atoms with van der Waals surface area (Å²) in [5.74, 6) is -0.240. The Labute approximate surface area is 117 Å². The van der Waals surface area contributed by atoms with Gasteiger partial charge in [0, 0.05) is 29.8 Å². The molecular formula is C14H19N3O3. The summed E-state index contributed by atoms with van der Waals surface area (Å²) in [6.45, 7) is 4.70. The van der Waals surface area contributed by atoms with Crippen LogP contribution in [-0.4, -0.2) is 29.5 Å². The van der Waals surface area contributed by atoms with Gasteiger partial charge in [-0.3, -0.25) is 14.9 Å². The molecule has 108 valence electrons. The highest BCUT2D eigenvalue weighted by Gasteiger charge is 2.21. The molecule has 1 amide bonds. The first-order valence-electron chi connectivity index (χ1n) is 6.76. The highest BCUT2D eigenvalue weighted by atomic mass is 16.6. The topological polar surface area (TPSA) is 84.3 Å². The molecule has 0 aromatic heterocycles. The van der Waals surface area contributed by atoms with Crippen LogP contribution in [0.1, 0.15) is 35.7 Å². The third-order valence-corrected chi connectivity index (χ3v) is 3.49. The van der Waals surface area contributed by atoms with Crippen LogP contribution in [0.3, 0.4) is 0 Å². The van der Waals surface area contributed by atoms with Crippen molar-refractivity contribution in [2.45, 2.75) is 38.8 Å². The molecule has 0 radical (unpaired) electrons. The summed E-state index contributed by atoms with van der Waals surface area (Å²) in [6.07, 6.45) is 1.75. The van der Waals surface area contributed by atoms with Gasteiger partial charge < -0.3 is 10.6 Å². The molecule has 6 heteroatoms. The zero-order valence-electron chi connectivity index (χ0n) is 11.7. The molecule has 2 atom stereocenters. The van der Waals surface area contributed by atoms with E-state index in [9.17, 15) is 14.9 Å². The van der Waals surface area contributed by atoms with Gasteiger partial charge in [-0.25, -0.2) is 0 Å². The van der Waals surface area contributed by atoms with E-state index in [-0.39, 0.29) is 17.6 Å². The number of non-ortho nitro benzene ring substituents is 1. The van der Waals surface area contributed by atoms with Gasteiger partial charge in [0.25, 0.3) is 11.6 Å². The lowest BCUT2D eigenvalue weighted by atomic mass is 10.00. The molecule has 2 N–H and O–H groups in total. The van der Waals surface area contributed by atoms with E-state index >= 15 is 0 Å². The number of hydrogen-bond acceptors (Lipinski definition) is 4. The normalized spacial score (nSPS) is 22.3. The van der Waals surface area contributed by atoms with Gasteiger partial charge in [-0.1, -0.05) is 0 Å². The fraction of sp³-hybridized carbons (Fsp3) is 0.500. The molecule has 2 rings (SSSR count). The average Bonchev–Trinajstić information content (AvgIpc) is 2.37. The highest BCUT2D eigenvalue weighted by molar-refractivity contribution is 5.95. The minimum Gasteiger partial charge on any atom is -0.349 e. The summed E-state index contributed by atoms with van der Waals surface area (Å²) in [5, 5.41) is 17.1. The molecule has 1 aromatic rings. The largest absolute Gasteiger partial charge is 0.349 e. The van der Waals surface area contributed by atoms with Crippen molar-refractivity contribution in [2.75, 3.05) is 6.54 Å². The van der Waals surface area contributed by atoms with Gasteiger partial charge in [0.05, 0.1) is 4.92 Å². The average molecular weight is 277 g/mol. The predicted octanol–water partition coefficient (Wildman–Crippen LogP) is 1.77. The van der Waals surface area contributed by atoms with Crippen molar-refractivity contribution in [2.24, 2.45) is 0 Å². The fourth-order valence-corrected chi connectivity index (χ4v) is 2.53. The third-order valence-electron chi connectivity index (χ3n) is 3.49. The van der Waals surface area contributed by atoms with E-state index < -0.39 is 4.92 Å². The number of carbonyl (C=O) groups is 1. The molecule has 0 spiro atoms. The molecule has 1 aromatic carbocycles. The van der Waals surface area contributed by atoms with Crippen molar-refractivity contribution in [3.8, 4) is 0 Å². The van der Waals surface area contributed by atoms with E-state index in [0.717, 1.165) is 19.4 Å². The maximum atomic E-state index is 12.2. The minimum absolute atomic E-state index is 0.0474. The Bertz CT molecular complexity index is 530. The lowest BCUT2D eigenvalue weighted by molar-refractivity contribution is -0.384. The third kappa shape index (κ3) is 3.54.